The summed E-state index contributed by atoms with van der Waals surface area (Å²) in [7, 11) is 0. The number of aliphatic hydroxyl groups is 1. The van der Waals surface area contributed by atoms with Gasteiger partial charge < -0.3 is 19.9 Å². The third-order valence-electron chi connectivity index (χ3n) is 3.35. The molecule has 1 rings (SSSR count). The van der Waals surface area contributed by atoms with Gasteiger partial charge in [-0.1, -0.05) is 43.2 Å². The predicted octanol–water partition coefficient (Wildman–Crippen LogP) is 3.18. The van der Waals surface area contributed by atoms with Gasteiger partial charge in [0.25, 0.3) is 0 Å². The van der Waals surface area contributed by atoms with E-state index in [2.05, 4.69) is 5.32 Å². The maximum atomic E-state index is 12.3. The Kier molecular flexibility index (Phi) is 8.99. The van der Waals surface area contributed by atoms with Crippen LogP contribution < -0.4 is 5.32 Å². The number of carbonyl (C=O) groups is 2. The lowest BCUT2D eigenvalue weighted by molar-refractivity contribution is -0.157. The fourth-order valence-electron chi connectivity index (χ4n) is 2.17. The summed E-state index contributed by atoms with van der Waals surface area (Å²) in [5.41, 5.74) is 0.241. The van der Waals surface area contributed by atoms with E-state index in [-0.39, 0.29) is 13.2 Å². The fraction of sp³-hybridized carbons (Fsp3) is 0.579. The Balaban J connectivity index is 2.54. The fourth-order valence-corrected chi connectivity index (χ4v) is 2.17. The highest BCUT2D eigenvalue weighted by molar-refractivity contribution is 5.81. The second-order valence-corrected chi connectivity index (χ2v) is 6.87. The molecule has 1 atom stereocenters. The molecule has 0 bridgehead atoms. The third kappa shape index (κ3) is 9.72. The van der Waals surface area contributed by atoms with E-state index in [4.69, 9.17) is 14.6 Å². The molecule has 0 fully saturated rings. The molecule has 0 saturated carbocycles. The molecule has 0 saturated heterocycles. The summed E-state index contributed by atoms with van der Waals surface area (Å²) in [4.78, 5) is 24.3. The summed E-state index contributed by atoms with van der Waals surface area (Å²) in [5, 5.41) is 11.4. The molecule has 6 heteroatoms. The van der Waals surface area contributed by atoms with Gasteiger partial charge in [-0.15, -0.1) is 0 Å². The molecule has 0 heterocycles. The molecule has 0 spiro atoms. The summed E-state index contributed by atoms with van der Waals surface area (Å²) >= 11 is 0. The number of benzene rings is 1. The van der Waals surface area contributed by atoms with E-state index in [9.17, 15) is 9.59 Å². The minimum absolute atomic E-state index is 0.115. The van der Waals surface area contributed by atoms with Gasteiger partial charge in [0, 0.05) is 6.61 Å². The lowest BCUT2D eigenvalue weighted by Gasteiger charge is -2.24. The number of aliphatic hydroxyl groups excluding tert-OH is 1. The van der Waals surface area contributed by atoms with E-state index < -0.39 is 23.7 Å². The van der Waals surface area contributed by atoms with Gasteiger partial charge >= 0.3 is 12.1 Å². The smallest absolute Gasteiger partial charge is 0.408 e. The van der Waals surface area contributed by atoms with Crippen LogP contribution in [0.25, 0.3) is 0 Å². The normalized spacial score (nSPS) is 12.3. The van der Waals surface area contributed by atoms with Crippen molar-refractivity contribution in [3.05, 3.63) is 35.9 Å². The zero-order valence-corrected chi connectivity index (χ0v) is 15.3. The van der Waals surface area contributed by atoms with Crippen LogP contribution in [0.1, 0.15) is 52.0 Å². The molecule has 2 N–H and O–H groups in total. The lowest BCUT2D eigenvalue weighted by atomic mass is 10.1. The van der Waals surface area contributed by atoms with E-state index in [1.807, 2.05) is 30.3 Å². The van der Waals surface area contributed by atoms with Crippen molar-refractivity contribution < 1.29 is 24.2 Å². The van der Waals surface area contributed by atoms with Gasteiger partial charge in [-0.3, -0.25) is 0 Å². The number of esters is 1. The largest absolute Gasteiger partial charge is 0.458 e. The molecule has 0 unspecified atom stereocenters. The minimum atomic E-state index is -0.763. The summed E-state index contributed by atoms with van der Waals surface area (Å²) < 4.78 is 10.5. The quantitative estimate of drug-likeness (QED) is 0.527. The first-order chi connectivity index (χ1) is 11.8. The van der Waals surface area contributed by atoms with Crippen molar-refractivity contribution in [1.82, 2.24) is 5.32 Å². The van der Waals surface area contributed by atoms with Crippen molar-refractivity contribution >= 4 is 12.1 Å². The second-order valence-electron chi connectivity index (χ2n) is 6.87. The Morgan fingerprint density at radius 1 is 1.12 bits per heavy atom. The Labute approximate surface area is 149 Å². The molecule has 1 aromatic carbocycles. The molecule has 1 aromatic rings. The highest BCUT2D eigenvalue weighted by Crippen LogP contribution is 2.12. The van der Waals surface area contributed by atoms with Crippen molar-refractivity contribution in [1.29, 1.82) is 0 Å². The predicted molar refractivity (Wildman–Crippen MR) is 94.9 cm³/mol. The van der Waals surface area contributed by atoms with E-state index in [0.29, 0.717) is 19.3 Å². The van der Waals surface area contributed by atoms with Gasteiger partial charge in [-0.2, -0.15) is 0 Å². The lowest BCUT2D eigenvalue weighted by Crippen LogP contribution is -2.44. The van der Waals surface area contributed by atoms with Crippen LogP contribution in [-0.2, 0) is 20.9 Å². The van der Waals surface area contributed by atoms with Crippen LogP contribution in [0.15, 0.2) is 30.3 Å². The van der Waals surface area contributed by atoms with Gasteiger partial charge in [0.15, 0.2) is 0 Å². The van der Waals surface area contributed by atoms with Crippen LogP contribution in [0.2, 0.25) is 0 Å². The van der Waals surface area contributed by atoms with Gasteiger partial charge in [-0.25, -0.2) is 9.59 Å². The van der Waals surface area contributed by atoms with E-state index in [1.54, 1.807) is 20.8 Å². The molecule has 0 aromatic heterocycles. The molecule has 0 aliphatic carbocycles. The van der Waals surface area contributed by atoms with Crippen molar-refractivity contribution in [3.63, 3.8) is 0 Å². The number of carbonyl (C=O) groups excluding carboxylic acids is 2. The van der Waals surface area contributed by atoms with Crippen molar-refractivity contribution in [2.45, 2.75) is 64.7 Å². The molecule has 0 aliphatic rings. The number of amides is 1. The molecule has 6 nitrogen and oxygen atoms in total. The summed E-state index contributed by atoms with van der Waals surface area (Å²) in [6, 6.07) is 8.55. The van der Waals surface area contributed by atoms with Crippen LogP contribution in [0.5, 0.6) is 0 Å². The molecule has 0 radical (unpaired) electrons. The van der Waals surface area contributed by atoms with Crippen LogP contribution >= 0.6 is 0 Å². The topological polar surface area (TPSA) is 84.9 Å². The molecule has 1 amide bonds. The average molecular weight is 351 g/mol. The highest BCUT2D eigenvalue weighted by Gasteiger charge is 2.26. The maximum absolute atomic E-state index is 12.3. The van der Waals surface area contributed by atoms with Crippen molar-refractivity contribution in [2.75, 3.05) is 6.61 Å². The Bertz CT molecular complexity index is 524. The number of hydrogen-bond donors (Lipinski definition) is 2. The van der Waals surface area contributed by atoms with Crippen LogP contribution in [-0.4, -0.2) is 35.4 Å². The molecule has 140 valence electrons. The Morgan fingerprint density at radius 2 is 1.80 bits per heavy atom. The number of alkyl carbamates (subject to hydrolysis) is 1. The van der Waals surface area contributed by atoms with Gasteiger partial charge in [0.2, 0.25) is 0 Å². The zero-order chi connectivity index (χ0) is 18.7. The summed E-state index contributed by atoms with van der Waals surface area (Å²) in [5.74, 6) is -0.479. The molecule has 0 aliphatic heterocycles. The average Bonchev–Trinajstić information content (AvgIpc) is 2.55. The van der Waals surface area contributed by atoms with Crippen LogP contribution in [0.3, 0.4) is 0 Å². The Morgan fingerprint density at radius 3 is 2.40 bits per heavy atom. The second kappa shape index (κ2) is 10.7. The van der Waals surface area contributed by atoms with E-state index >= 15 is 0 Å². The standard InChI is InChI=1S/C19H29NO5/c1-19(2,3)25-17(22)16(12-8-5-9-13-21)20-18(23)24-14-15-10-6-4-7-11-15/h4,6-7,10-11,16,21H,5,8-9,12-14H2,1-3H3,(H,20,23)/t16-/m0/s1. The van der Waals surface area contributed by atoms with E-state index in [0.717, 1.165) is 12.0 Å². The number of ether oxygens (including phenoxy) is 2. The molecule has 25 heavy (non-hydrogen) atoms. The van der Waals surface area contributed by atoms with Gasteiger partial charge in [0.1, 0.15) is 18.2 Å². The highest BCUT2D eigenvalue weighted by atomic mass is 16.6. The molecular formula is C19H29NO5. The van der Waals surface area contributed by atoms with Crippen LogP contribution in [0, 0.1) is 0 Å². The third-order valence-corrected chi connectivity index (χ3v) is 3.35. The summed E-state index contributed by atoms with van der Waals surface area (Å²) in [6.07, 6.45) is 1.93. The molecular weight excluding hydrogens is 322 g/mol. The number of unbranched alkanes of at least 4 members (excludes halogenated alkanes) is 2. The summed E-state index contributed by atoms with van der Waals surface area (Å²) in [6.45, 7) is 5.59. The first-order valence-electron chi connectivity index (χ1n) is 8.63. The van der Waals surface area contributed by atoms with Gasteiger partial charge in [-0.05, 0) is 39.2 Å². The first-order valence-corrected chi connectivity index (χ1v) is 8.63. The minimum Gasteiger partial charge on any atom is -0.458 e. The van der Waals surface area contributed by atoms with Crippen molar-refractivity contribution in [2.24, 2.45) is 0 Å². The van der Waals surface area contributed by atoms with Gasteiger partial charge in [0.05, 0.1) is 0 Å². The van der Waals surface area contributed by atoms with E-state index in [1.165, 1.54) is 0 Å². The first kappa shape index (κ1) is 21.0. The van der Waals surface area contributed by atoms with Crippen molar-refractivity contribution in [3.8, 4) is 0 Å². The Hall–Kier alpha value is -2.08. The SMILES string of the molecule is CC(C)(C)OC(=O)[C@H](CCCCCO)NC(=O)OCc1ccccc1. The monoisotopic (exact) mass is 351 g/mol. The number of rotatable bonds is 9. The zero-order valence-electron chi connectivity index (χ0n) is 15.3. The number of nitrogens with one attached hydrogen (secondary N) is 1. The maximum Gasteiger partial charge on any atom is 0.408 e. The number of hydrogen-bond acceptors (Lipinski definition) is 5. The van der Waals surface area contributed by atoms with Crippen LogP contribution in [0.4, 0.5) is 4.79 Å².